The molecule has 27 heavy (non-hydrogen) atoms. The van der Waals surface area contributed by atoms with Gasteiger partial charge in [0.05, 0.1) is 6.61 Å². The maximum absolute atomic E-state index is 14.1. The SMILES string of the molecule is CCCOc1ccc(CCC2=CCC(C3CCC(CC)CC3)CC2)cc1F. The molecule has 0 radical (unpaired) electrons. The predicted molar refractivity (Wildman–Crippen MR) is 112 cm³/mol. The molecule has 0 aliphatic heterocycles. The highest BCUT2D eigenvalue weighted by atomic mass is 19.1. The van der Waals surface area contributed by atoms with Crippen molar-refractivity contribution in [2.75, 3.05) is 6.61 Å². The maximum atomic E-state index is 14.1. The van der Waals surface area contributed by atoms with Crippen molar-refractivity contribution in [3.63, 3.8) is 0 Å². The van der Waals surface area contributed by atoms with Gasteiger partial charge in [0.1, 0.15) is 0 Å². The van der Waals surface area contributed by atoms with Gasteiger partial charge in [0.25, 0.3) is 0 Å². The van der Waals surface area contributed by atoms with Crippen LogP contribution in [-0.4, -0.2) is 6.61 Å². The molecule has 0 saturated heterocycles. The topological polar surface area (TPSA) is 9.23 Å². The lowest BCUT2D eigenvalue weighted by Gasteiger charge is -2.35. The molecule has 0 bridgehead atoms. The van der Waals surface area contributed by atoms with Crippen molar-refractivity contribution in [1.29, 1.82) is 0 Å². The normalized spacial score (nSPS) is 25.9. The smallest absolute Gasteiger partial charge is 0.165 e. The van der Waals surface area contributed by atoms with E-state index in [1.54, 1.807) is 17.7 Å². The fourth-order valence-electron chi connectivity index (χ4n) is 4.97. The van der Waals surface area contributed by atoms with E-state index < -0.39 is 0 Å². The summed E-state index contributed by atoms with van der Waals surface area (Å²) >= 11 is 0. The maximum Gasteiger partial charge on any atom is 0.165 e. The van der Waals surface area contributed by atoms with E-state index >= 15 is 0 Å². The van der Waals surface area contributed by atoms with Gasteiger partial charge in [-0.05, 0) is 86.8 Å². The highest BCUT2D eigenvalue weighted by Gasteiger charge is 2.27. The molecule has 3 rings (SSSR count). The molecule has 0 spiro atoms. The zero-order valence-electron chi connectivity index (χ0n) is 17.3. The van der Waals surface area contributed by atoms with Crippen molar-refractivity contribution in [1.82, 2.24) is 0 Å². The van der Waals surface area contributed by atoms with Crippen LogP contribution in [0.3, 0.4) is 0 Å². The summed E-state index contributed by atoms with van der Waals surface area (Å²) in [5.41, 5.74) is 2.66. The van der Waals surface area contributed by atoms with Crippen LogP contribution >= 0.6 is 0 Å². The van der Waals surface area contributed by atoms with Crippen molar-refractivity contribution in [3.8, 4) is 5.75 Å². The first kappa shape index (κ1) is 20.4. The molecule has 0 heterocycles. The lowest BCUT2D eigenvalue weighted by atomic mass is 9.71. The van der Waals surface area contributed by atoms with E-state index in [-0.39, 0.29) is 5.82 Å². The van der Waals surface area contributed by atoms with Gasteiger partial charge in [-0.1, -0.05) is 50.8 Å². The fourth-order valence-corrected chi connectivity index (χ4v) is 4.97. The van der Waals surface area contributed by atoms with Gasteiger partial charge in [-0.15, -0.1) is 0 Å². The number of rotatable bonds is 8. The van der Waals surface area contributed by atoms with E-state index in [0.717, 1.165) is 42.6 Å². The molecular formula is C25H37FO. The number of hydrogen-bond acceptors (Lipinski definition) is 1. The lowest BCUT2D eigenvalue weighted by Crippen LogP contribution is -2.23. The molecular weight excluding hydrogens is 335 g/mol. The molecule has 0 N–H and O–H groups in total. The van der Waals surface area contributed by atoms with E-state index in [0.29, 0.717) is 12.4 Å². The van der Waals surface area contributed by atoms with Crippen LogP contribution in [0.5, 0.6) is 5.75 Å². The second-order valence-corrected chi connectivity index (χ2v) is 8.70. The monoisotopic (exact) mass is 372 g/mol. The summed E-state index contributed by atoms with van der Waals surface area (Å²) in [5, 5.41) is 0. The van der Waals surface area contributed by atoms with Gasteiger partial charge in [-0.25, -0.2) is 4.39 Å². The lowest BCUT2D eigenvalue weighted by molar-refractivity contribution is 0.189. The first-order valence-corrected chi connectivity index (χ1v) is 11.3. The first-order chi connectivity index (χ1) is 13.2. The summed E-state index contributed by atoms with van der Waals surface area (Å²) in [6.07, 6.45) is 16.5. The molecule has 2 aliphatic rings. The Morgan fingerprint density at radius 1 is 1.00 bits per heavy atom. The zero-order valence-corrected chi connectivity index (χ0v) is 17.3. The number of halogens is 1. The summed E-state index contributed by atoms with van der Waals surface area (Å²) in [4.78, 5) is 0. The van der Waals surface area contributed by atoms with E-state index in [9.17, 15) is 4.39 Å². The molecule has 1 nitrogen and oxygen atoms in total. The van der Waals surface area contributed by atoms with E-state index in [1.165, 1.54) is 51.4 Å². The van der Waals surface area contributed by atoms with Crippen LogP contribution < -0.4 is 4.74 Å². The second-order valence-electron chi connectivity index (χ2n) is 8.70. The van der Waals surface area contributed by atoms with Crippen molar-refractivity contribution >= 4 is 0 Å². The highest BCUT2D eigenvalue weighted by Crippen LogP contribution is 2.40. The standard InChI is InChI=1S/C25H37FO/c1-3-17-27-25-16-11-21(18-24(25)26)6-5-20-9-14-23(15-10-20)22-12-7-19(4-2)8-13-22/h9,11,16,18-19,22-23H,3-8,10,12-15,17H2,1-2H3. The Morgan fingerprint density at radius 3 is 2.44 bits per heavy atom. The largest absolute Gasteiger partial charge is 0.491 e. The molecule has 1 aromatic rings. The van der Waals surface area contributed by atoms with Crippen LogP contribution in [0.15, 0.2) is 29.8 Å². The summed E-state index contributed by atoms with van der Waals surface area (Å²) in [6, 6.07) is 5.47. The van der Waals surface area contributed by atoms with Crippen molar-refractivity contribution in [2.45, 2.75) is 84.5 Å². The van der Waals surface area contributed by atoms with Gasteiger partial charge in [0.2, 0.25) is 0 Å². The minimum absolute atomic E-state index is 0.221. The minimum Gasteiger partial charge on any atom is -0.491 e. The highest BCUT2D eigenvalue weighted by molar-refractivity contribution is 5.30. The van der Waals surface area contributed by atoms with Gasteiger partial charge >= 0.3 is 0 Å². The van der Waals surface area contributed by atoms with Crippen molar-refractivity contribution in [2.24, 2.45) is 17.8 Å². The number of allylic oxidation sites excluding steroid dienone is 2. The molecule has 2 aliphatic carbocycles. The van der Waals surface area contributed by atoms with Gasteiger partial charge in [-0.3, -0.25) is 0 Å². The fraction of sp³-hybridized carbons (Fsp3) is 0.680. The molecule has 1 unspecified atom stereocenters. The quantitative estimate of drug-likeness (QED) is 0.429. The molecule has 1 atom stereocenters. The average molecular weight is 373 g/mol. The van der Waals surface area contributed by atoms with Crippen LogP contribution in [0, 0.1) is 23.6 Å². The van der Waals surface area contributed by atoms with Crippen LogP contribution in [0.1, 0.15) is 83.6 Å². The Bertz CT molecular complexity index is 613. The predicted octanol–water partition coefficient (Wildman–Crippen LogP) is 7.49. The summed E-state index contributed by atoms with van der Waals surface area (Å²) in [6.45, 7) is 4.95. The number of benzene rings is 1. The first-order valence-electron chi connectivity index (χ1n) is 11.3. The van der Waals surface area contributed by atoms with Crippen LogP contribution in [0.2, 0.25) is 0 Å². The van der Waals surface area contributed by atoms with E-state index in [1.807, 2.05) is 13.0 Å². The summed E-state index contributed by atoms with van der Waals surface area (Å²) in [7, 11) is 0. The summed E-state index contributed by atoms with van der Waals surface area (Å²) < 4.78 is 19.5. The molecule has 2 heteroatoms. The van der Waals surface area contributed by atoms with Crippen molar-refractivity contribution in [3.05, 3.63) is 41.2 Å². The van der Waals surface area contributed by atoms with E-state index in [4.69, 9.17) is 4.74 Å². The molecule has 1 fully saturated rings. The Morgan fingerprint density at radius 2 is 1.81 bits per heavy atom. The zero-order chi connectivity index (χ0) is 19.1. The Hall–Kier alpha value is -1.31. The van der Waals surface area contributed by atoms with Gasteiger partial charge in [-0.2, -0.15) is 0 Å². The van der Waals surface area contributed by atoms with Gasteiger partial charge in [0, 0.05) is 0 Å². The van der Waals surface area contributed by atoms with Crippen LogP contribution in [-0.2, 0) is 6.42 Å². The number of aryl methyl sites for hydroxylation is 1. The third-order valence-electron chi connectivity index (χ3n) is 6.87. The molecule has 0 aromatic heterocycles. The molecule has 1 saturated carbocycles. The van der Waals surface area contributed by atoms with Crippen LogP contribution in [0.4, 0.5) is 4.39 Å². The molecule has 150 valence electrons. The number of hydrogen-bond donors (Lipinski definition) is 0. The Balaban J connectivity index is 1.44. The van der Waals surface area contributed by atoms with Crippen LogP contribution in [0.25, 0.3) is 0 Å². The van der Waals surface area contributed by atoms with Gasteiger partial charge in [0.15, 0.2) is 11.6 Å². The van der Waals surface area contributed by atoms with Gasteiger partial charge < -0.3 is 4.74 Å². The Labute approximate surface area is 165 Å². The third-order valence-corrected chi connectivity index (χ3v) is 6.87. The van der Waals surface area contributed by atoms with Crippen molar-refractivity contribution < 1.29 is 9.13 Å². The second kappa shape index (κ2) is 10.3. The Kier molecular flexibility index (Phi) is 7.79. The average Bonchev–Trinajstić information content (AvgIpc) is 2.72. The number of ether oxygens (including phenoxy) is 1. The molecule has 0 amide bonds. The van der Waals surface area contributed by atoms with E-state index in [2.05, 4.69) is 13.0 Å². The minimum atomic E-state index is -0.221. The summed E-state index contributed by atoms with van der Waals surface area (Å²) in [5.74, 6) is 3.05. The molecule has 1 aromatic carbocycles. The third kappa shape index (κ3) is 5.83.